The van der Waals surface area contributed by atoms with Gasteiger partial charge in [-0.1, -0.05) is 59.7 Å². The van der Waals surface area contributed by atoms with E-state index in [0.29, 0.717) is 21.6 Å². The molecule has 0 saturated carbocycles. The largest absolute Gasteiger partial charge is 0.378 e. The lowest BCUT2D eigenvalue weighted by atomic mass is 9.96. The number of halogens is 2. The van der Waals surface area contributed by atoms with Gasteiger partial charge in [-0.3, -0.25) is 4.98 Å². The number of anilines is 1. The Hall–Kier alpha value is -2.83. The average Bonchev–Trinajstić information content (AvgIpc) is 2.81. The molecule has 0 fully saturated rings. The molecule has 7 heteroatoms. The molecule has 4 rings (SSSR count). The van der Waals surface area contributed by atoms with Gasteiger partial charge >= 0.3 is 0 Å². The highest BCUT2D eigenvalue weighted by molar-refractivity contribution is 7.81. The molecule has 0 bridgehead atoms. The van der Waals surface area contributed by atoms with Crippen molar-refractivity contribution in [1.82, 2.24) is 9.97 Å². The second kappa shape index (κ2) is 10.2. The first kappa shape index (κ1) is 22.4. The van der Waals surface area contributed by atoms with Crippen LogP contribution >= 0.6 is 35.4 Å². The van der Waals surface area contributed by atoms with Gasteiger partial charge in [0.2, 0.25) is 0 Å². The van der Waals surface area contributed by atoms with Crippen LogP contribution in [0.5, 0.6) is 0 Å². The normalized spacial score (nSPS) is 10.7. The van der Waals surface area contributed by atoms with Crippen LogP contribution in [-0.2, 0) is 11.3 Å². The van der Waals surface area contributed by atoms with Crippen LogP contribution in [0.25, 0.3) is 22.4 Å². The molecule has 0 radical (unpaired) electrons. The van der Waals surface area contributed by atoms with E-state index < -0.39 is 0 Å². The van der Waals surface area contributed by atoms with E-state index in [1.807, 2.05) is 66.7 Å². The van der Waals surface area contributed by atoms with Crippen molar-refractivity contribution in [3.8, 4) is 22.4 Å². The summed E-state index contributed by atoms with van der Waals surface area (Å²) < 4.78 is 5.44. The van der Waals surface area contributed by atoms with E-state index in [2.05, 4.69) is 10.3 Å². The van der Waals surface area contributed by atoms with E-state index in [4.69, 9.17) is 45.1 Å². The lowest BCUT2D eigenvalue weighted by Gasteiger charge is -2.17. The Kier molecular flexibility index (Phi) is 7.12. The molecule has 0 aliphatic heterocycles. The Balaban J connectivity index is 1.87. The van der Waals surface area contributed by atoms with E-state index in [0.717, 1.165) is 39.3 Å². The monoisotopic (exact) mass is 479 g/mol. The van der Waals surface area contributed by atoms with Gasteiger partial charge in [-0.2, -0.15) is 0 Å². The summed E-state index contributed by atoms with van der Waals surface area (Å²) in [5.74, 6) is 0. The van der Waals surface area contributed by atoms with Crippen molar-refractivity contribution >= 4 is 46.1 Å². The third kappa shape index (κ3) is 5.14. The van der Waals surface area contributed by atoms with Crippen molar-refractivity contribution in [3.63, 3.8) is 0 Å². The highest BCUT2D eigenvalue weighted by atomic mass is 35.5. The Labute approximate surface area is 202 Å². The molecule has 0 unspecified atom stereocenters. The zero-order valence-corrected chi connectivity index (χ0v) is 19.5. The highest BCUT2D eigenvalue weighted by Gasteiger charge is 2.18. The minimum absolute atomic E-state index is 0.311. The molecule has 0 amide bonds. The number of hydrogen-bond acceptors (Lipinski definition) is 4. The number of methoxy groups -OCH3 is 1. The number of nitrogens with one attached hydrogen (secondary N) is 1. The summed E-state index contributed by atoms with van der Waals surface area (Å²) in [5.41, 5.74) is 5.97. The van der Waals surface area contributed by atoms with Crippen LogP contribution in [0.3, 0.4) is 0 Å². The van der Waals surface area contributed by atoms with Gasteiger partial charge in [0, 0.05) is 40.0 Å². The summed E-state index contributed by atoms with van der Waals surface area (Å²) >= 11 is 18.0. The van der Waals surface area contributed by atoms with Gasteiger partial charge < -0.3 is 10.1 Å². The summed E-state index contributed by atoms with van der Waals surface area (Å²) in [6, 6.07) is 21.1. The third-order valence-electron chi connectivity index (χ3n) is 4.82. The molecule has 2 heterocycles. The first-order chi connectivity index (χ1) is 15.5. The highest BCUT2D eigenvalue weighted by Crippen LogP contribution is 2.34. The second-order valence-corrected chi connectivity index (χ2v) is 8.30. The SMILES string of the molecule is COCc1nc(-c2ccc(Cl)cc2)c(-c2ccc(Cl)cc2)cc1C(=S)Nc1cccnc1. The maximum atomic E-state index is 6.13. The second-order valence-electron chi connectivity index (χ2n) is 7.02. The molecule has 0 spiro atoms. The van der Waals surface area contributed by atoms with Gasteiger partial charge in [-0.15, -0.1) is 0 Å². The van der Waals surface area contributed by atoms with Gasteiger partial charge in [0.05, 0.1) is 29.9 Å². The van der Waals surface area contributed by atoms with Crippen LogP contribution in [-0.4, -0.2) is 22.1 Å². The zero-order valence-electron chi connectivity index (χ0n) is 17.2. The standard InChI is InChI=1S/C25H19Cl2N3OS/c1-31-15-23-22(25(32)29-20-3-2-12-28-14-20)13-21(16-4-8-18(26)9-5-16)24(30-23)17-6-10-19(27)11-7-17/h2-14H,15H2,1H3,(H,29,32). The molecule has 1 N–H and O–H groups in total. The summed E-state index contributed by atoms with van der Waals surface area (Å²) in [7, 11) is 1.64. The fourth-order valence-corrected chi connectivity index (χ4v) is 3.85. The van der Waals surface area contributed by atoms with Crippen LogP contribution in [0.1, 0.15) is 11.3 Å². The zero-order chi connectivity index (χ0) is 22.5. The predicted molar refractivity (Wildman–Crippen MR) is 135 cm³/mol. The topological polar surface area (TPSA) is 47.0 Å². The molecule has 0 saturated heterocycles. The summed E-state index contributed by atoms with van der Waals surface area (Å²) in [6.07, 6.45) is 3.43. The molecular formula is C25H19Cl2N3OS. The van der Waals surface area contributed by atoms with Gasteiger partial charge in [-0.25, -0.2) is 4.98 Å². The summed E-state index contributed by atoms with van der Waals surface area (Å²) in [6.45, 7) is 0.311. The van der Waals surface area contributed by atoms with Crippen molar-refractivity contribution in [1.29, 1.82) is 0 Å². The van der Waals surface area contributed by atoms with Gasteiger partial charge in [0.15, 0.2) is 0 Å². The van der Waals surface area contributed by atoms with E-state index in [-0.39, 0.29) is 0 Å². The lowest BCUT2D eigenvalue weighted by Crippen LogP contribution is -2.15. The fourth-order valence-electron chi connectivity index (χ4n) is 3.31. The van der Waals surface area contributed by atoms with Crippen LogP contribution in [0, 0.1) is 0 Å². The molecule has 4 aromatic rings. The predicted octanol–water partition coefficient (Wildman–Crippen LogP) is 7.05. The van der Waals surface area contributed by atoms with Crippen molar-refractivity contribution in [2.24, 2.45) is 0 Å². The number of pyridine rings is 2. The van der Waals surface area contributed by atoms with Crippen molar-refractivity contribution in [2.75, 3.05) is 12.4 Å². The van der Waals surface area contributed by atoms with Gasteiger partial charge in [0.25, 0.3) is 0 Å². The molecule has 32 heavy (non-hydrogen) atoms. The van der Waals surface area contributed by atoms with Crippen molar-refractivity contribution in [3.05, 3.63) is 100 Å². The Morgan fingerprint density at radius 1 is 0.969 bits per heavy atom. The lowest BCUT2D eigenvalue weighted by molar-refractivity contribution is 0.181. The number of benzene rings is 2. The van der Waals surface area contributed by atoms with E-state index in [1.54, 1.807) is 19.5 Å². The van der Waals surface area contributed by atoms with Crippen LogP contribution < -0.4 is 5.32 Å². The molecular weight excluding hydrogens is 461 g/mol. The first-order valence-corrected chi connectivity index (χ1v) is 11.0. The molecule has 2 aromatic carbocycles. The van der Waals surface area contributed by atoms with Gasteiger partial charge in [-0.05, 0) is 48.0 Å². The van der Waals surface area contributed by atoms with E-state index in [1.165, 1.54) is 0 Å². The van der Waals surface area contributed by atoms with Gasteiger partial charge in [0.1, 0.15) is 4.99 Å². The maximum absolute atomic E-state index is 6.13. The van der Waals surface area contributed by atoms with E-state index in [9.17, 15) is 0 Å². The Morgan fingerprint density at radius 2 is 1.62 bits per heavy atom. The number of thiocarbonyl (C=S) groups is 1. The molecule has 0 aliphatic rings. The summed E-state index contributed by atoms with van der Waals surface area (Å²) in [4.78, 5) is 9.66. The first-order valence-electron chi connectivity index (χ1n) is 9.81. The van der Waals surface area contributed by atoms with Crippen molar-refractivity contribution < 1.29 is 4.74 Å². The fraction of sp³-hybridized carbons (Fsp3) is 0.0800. The van der Waals surface area contributed by atoms with Crippen molar-refractivity contribution in [2.45, 2.75) is 6.61 Å². The number of rotatable bonds is 6. The minimum Gasteiger partial charge on any atom is -0.378 e. The Morgan fingerprint density at radius 3 is 2.22 bits per heavy atom. The summed E-state index contributed by atoms with van der Waals surface area (Å²) in [5, 5.41) is 4.58. The number of aromatic nitrogens is 2. The van der Waals surface area contributed by atoms with E-state index >= 15 is 0 Å². The molecule has 160 valence electrons. The van der Waals surface area contributed by atoms with Crippen LogP contribution in [0.15, 0.2) is 79.1 Å². The van der Waals surface area contributed by atoms with Crippen LogP contribution in [0.2, 0.25) is 10.0 Å². The molecule has 2 aromatic heterocycles. The quantitative estimate of drug-likeness (QED) is 0.300. The molecule has 4 nitrogen and oxygen atoms in total. The molecule has 0 aliphatic carbocycles. The number of hydrogen-bond donors (Lipinski definition) is 1. The Bertz CT molecular complexity index is 1230. The minimum atomic E-state index is 0.311. The third-order valence-corrected chi connectivity index (χ3v) is 5.65. The number of ether oxygens (including phenoxy) is 1. The average molecular weight is 480 g/mol. The smallest absolute Gasteiger partial charge is 0.112 e. The number of nitrogens with zero attached hydrogens (tertiary/aromatic N) is 2. The van der Waals surface area contributed by atoms with Crippen LogP contribution in [0.4, 0.5) is 5.69 Å². The molecule has 0 atom stereocenters. The maximum Gasteiger partial charge on any atom is 0.112 e.